The molecule has 3 rings (SSSR count). The molecule has 1 amide bonds. The van der Waals surface area contributed by atoms with E-state index in [1.165, 1.54) is 0 Å². The lowest BCUT2D eigenvalue weighted by Crippen LogP contribution is -2.41. The summed E-state index contributed by atoms with van der Waals surface area (Å²) in [6.45, 7) is 2.30. The van der Waals surface area contributed by atoms with Crippen molar-refractivity contribution in [2.75, 3.05) is 6.54 Å². The van der Waals surface area contributed by atoms with E-state index in [1.54, 1.807) is 12.1 Å². The van der Waals surface area contributed by atoms with Crippen LogP contribution in [0.5, 0.6) is 0 Å². The smallest absolute Gasteiger partial charge is 0.303 e. The molecule has 150 valence electrons. The van der Waals surface area contributed by atoms with Gasteiger partial charge in [-0.15, -0.1) is 0 Å². The van der Waals surface area contributed by atoms with Gasteiger partial charge in [0, 0.05) is 28.4 Å². The van der Waals surface area contributed by atoms with Crippen LogP contribution in [0.2, 0.25) is 5.02 Å². The van der Waals surface area contributed by atoms with E-state index >= 15 is 0 Å². The third kappa shape index (κ3) is 4.93. The minimum Gasteiger partial charge on any atom is -0.481 e. The average Bonchev–Trinajstić information content (AvgIpc) is 3.01. The summed E-state index contributed by atoms with van der Waals surface area (Å²) in [5.74, 6) is -0.915. The first-order chi connectivity index (χ1) is 13.4. The number of aromatic amines is 1. The largest absolute Gasteiger partial charge is 0.481 e. The summed E-state index contributed by atoms with van der Waals surface area (Å²) in [5.41, 5.74) is 2.99. The van der Waals surface area contributed by atoms with Gasteiger partial charge in [-0.2, -0.15) is 5.10 Å². The number of benzene rings is 1. The number of H-pyrrole nitrogens is 1. The van der Waals surface area contributed by atoms with Crippen molar-refractivity contribution < 1.29 is 14.7 Å². The number of rotatable bonds is 7. The third-order valence-electron chi connectivity index (χ3n) is 5.63. The van der Waals surface area contributed by atoms with Gasteiger partial charge in [-0.3, -0.25) is 14.7 Å². The average molecular weight is 404 g/mol. The zero-order chi connectivity index (χ0) is 20.1. The molecule has 28 heavy (non-hydrogen) atoms. The van der Waals surface area contributed by atoms with E-state index in [4.69, 9.17) is 11.6 Å². The van der Waals surface area contributed by atoms with Crippen molar-refractivity contribution in [3.63, 3.8) is 0 Å². The highest BCUT2D eigenvalue weighted by molar-refractivity contribution is 6.30. The SMILES string of the molecule is Cc1[nH]nc(-c2ccc(Cl)cc2)c1CC(=O)NCC1(CC(=O)O)CCCCC1. The fourth-order valence-electron chi connectivity index (χ4n) is 4.06. The molecule has 0 aliphatic heterocycles. The Kier molecular flexibility index (Phi) is 6.39. The maximum Gasteiger partial charge on any atom is 0.303 e. The van der Waals surface area contributed by atoms with E-state index in [9.17, 15) is 14.7 Å². The van der Waals surface area contributed by atoms with Crippen LogP contribution < -0.4 is 5.32 Å². The molecular formula is C21H26ClN3O3. The Morgan fingerprint density at radius 3 is 2.54 bits per heavy atom. The maximum absolute atomic E-state index is 12.6. The van der Waals surface area contributed by atoms with Crippen LogP contribution in [0, 0.1) is 12.3 Å². The summed E-state index contributed by atoms with van der Waals surface area (Å²) in [7, 11) is 0. The van der Waals surface area contributed by atoms with Crippen LogP contribution in [0.25, 0.3) is 11.3 Å². The number of hydrogen-bond donors (Lipinski definition) is 3. The monoisotopic (exact) mass is 403 g/mol. The number of halogens is 1. The van der Waals surface area contributed by atoms with Crippen LogP contribution in [0.1, 0.15) is 49.8 Å². The number of carbonyl (C=O) groups excluding carboxylic acids is 1. The van der Waals surface area contributed by atoms with Crippen molar-refractivity contribution in [2.45, 2.75) is 51.9 Å². The Hall–Kier alpha value is -2.34. The van der Waals surface area contributed by atoms with Gasteiger partial charge in [0.05, 0.1) is 18.5 Å². The number of aromatic nitrogens is 2. The van der Waals surface area contributed by atoms with E-state index < -0.39 is 5.97 Å². The zero-order valence-corrected chi connectivity index (χ0v) is 16.8. The van der Waals surface area contributed by atoms with Crippen LogP contribution in [-0.2, 0) is 16.0 Å². The molecule has 0 bridgehead atoms. The Morgan fingerprint density at radius 1 is 1.21 bits per heavy atom. The lowest BCUT2D eigenvalue weighted by molar-refractivity contribution is -0.140. The molecule has 0 unspecified atom stereocenters. The van der Waals surface area contributed by atoms with Crippen molar-refractivity contribution in [1.29, 1.82) is 0 Å². The summed E-state index contributed by atoms with van der Waals surface area (Å²) in [4.78, 5) is 24.0. The highest BCUT2D eigenvalue weighted by atomic mass is 35.5. The van der Waals surface area contributed by atoms with Gasteiger partial charge in [-0.25, -0.2) is 0 Å². The van der Waals surface area contributed by atoms with Crippen molar-refractivity contribution in [3.8, 4) is 11.3 Å². The maximum atomic E-state index is 12.6. The van der Waals surface area contributed by atoms with Gasteiger partial charge < -0.3 is 10.4 Å². The lowest BCUT2D eigenvalue weighted by Gasteiger charge is -2.36. The predicted octanol–water partition coefficient (Wildman–Crippen LogP) is 4.12. The molecule has 1 heterocycles. The Bertz CT molecular complexity index is 839. The Morgan fingerprint density at radius 2 is 1.89 bits per heavy atom. The minimum atomic E-state index is -0.799. The summed E-state index contributed by atoms with van der Waals surface area (Å²) < 4.78 is 0. The normalized spacial score (nSPS) is 15.9. The van der Waals surface area contributed by atoms with Crippen LogP contribution in [0.3, 0.4) is 0 Å². The molecular weight excluding hydrogens is 378 g/mol. The van der Waals surface area contributed by atoms with Gasteiger partial charge in [-0.1, -0.05) is 43.0 Å². The summed E-state index contributed by atoms with van der Waals surface area (Å²) in [5, 5.41) is 20.2. The highest BCUT2D eigenvalue weighted by Gasteiger charge is 2.34. The fraction of sp³-hybridized carbons (Fsp3) is 0.476. The van der Waals surface area contributed by atoms with E-state index in [1.807, 2.05) is 19.1 Å². The first-order valence-electron chi connectivity index (χ1n) is 9.67. The van der Waals surface area contributed by atoms with Crippen molar-refractivity contribution in [1.82, 2.24) is 15.5 Å². The third-order valence-corrected chi connectivity index (χ3v) is 5.88. The molecule has 3 N–H and O–H groups in total. The summed E-state index contributed by atoms with van der Waals surface area (Å²) in [6.07, 6.45) is 5.17. The molecule has 0 atom stereocenters. The summed E-state index contributed by atoms with van der Waals surface area (Å²) in [6, 6.07) is 7.35. The molecule has 2 aromatic rings. The zero-order valence-electron chi connectivity index (χ0n) is 16.1. The molecule has 0 saturated heterocycles. The van der Waals surface area contributed by atoms with Gasteiger partial charge in [-0.05, 0) is 37.3 Å². The predicted molar refractivity (Wildman–Crippen MR) is 108 cm³/mol. The second kappa shape index (κ2) is 8.78. The van der Waals surface area contributed by atoms with Crippen LogP contribution in [0.4, 0.5) is 0 Å². The molecule has 1 aromatic heterocycles. The number of carbonyl (C=O) groups is 2. The molecule has 1 aliphatic rings. The molecule has 0 radical (unpaired) electrons. The van der Waals surface area contributed by atoms with E-state index in [-0.39, 0.29) is 24.2 Å². The molecule has 1 fully saturated rings. The number of hydrogen-bond acceptors (Lipinski definition) is 3. The number of amides is 1. The first-order valence-corrected chi connectivity index (χ1v) is 10.0. The van der Waals surface area contributed by atoms with Gasteiger partial charge >= 0.3 is 5.97 Å². The van der Waals surface area contributed by atoms with Gasteiger partial charge in [0.2, 0.25) is 5.91 Å². The lowest BCUT2D eigenvalue weighted by atomic mass is 9.71. The second-order valence-corrected chi connectivity index (χ2v) is 8.20. The van der Waals surface area contributed by atoms with Crippen molar-refractivity contribution in [3.05, 3.63) is 40.5 Å². The number of nitrogens with zero attached hydrogens (tertiary/aromatic N) is 1. The Labute approximate surface area is 169 Å². The number of nitrogens with one attached hydrogen (secondary N) is 2. The highest BCUT2D eigenvalue weighted by Crippen LogP contribution is 2.38. The van der Waals surface area contributed by atoms with Crippen LogP contribution in [-0.4, -0.2) is 33.7 Å². The standard InChI is InChI=1S/C21H26ClN3O3/c1-14-17(20(25-24-14)15-5-7-16(22)8-6-15)11-18(26)23-13-21(12-19(27)28)9-3-2-4-10-21/h5-8H,2-4,9-13H2,1H3,(H,23,26)(H,24,25)(H,27,28). The molecule has 1 aliphatic carbocycles. The van der Waals surface area contributed by atoms with Gasteiger partial charge in [0.15, 0.2) is 0 Å². The molecule has 7 heteroatoms. The number of aryl methyl sites for hydroxylation is 1. The van der Waals surface area contributed by atoms with Gasteiger partial charge in [0.1, 0.15) is 0 Å². The van der Waals surface area contributed by atoms with Crippen LogP contribution >= 0.6 is 11.6 Å². The van der Waals surface area contributed by atoms with Crippen molar-refractivity contribution in [2.24, 2.45) is 5.41 Å². The number of carboxylic acids is 1. The number of aliphatic carboxylic acids is 1. The van der Waals surface area contributed by atoms with Crippen LogP contribution in [0.15, 0.2) is 24.3 Å². The van der Waals surface area contributed by atoms with E-state index in [2.05, 4.69) is 15.5 Å². The molecule has 6 nitrogen and oxygen atoms in total. The first kappa shape index (κ1) is 20.4. The summed E-state index contributed by atoms with van der Waals surface area (Å²) >= 11 is 5.96. The minimum absolute atomic E-state index is 0.105. The molecule has 0 spiro atoms. The van der Waals surface area contributed by atoms with Gasteiger partial charge in [0.25, 0.3) is 0 Å². The molecule has 1 aromatic carbocycles. The molecule has 1 saturated carbocycles. The number of carboxylic acid groups (broad SMARTS) is 1. The van der Waals surface area contributed by atoms with E-state index in [0.29, 0.717) is 11.6 Å². The second-order valence-electron chi connectivity index (χ2n) is 7.77. The fourth-order valence-corrected chi connectivity index (χ4v) is 4.19. The topological polar surface area (TPSA) is 95.1 Å². The van der Waals surface area contributed by atoms with Crippen molar-refractivity contribution >= 4 is 23.5 Å². The quantitative estimate of drug-likeness (QED) is 0.647. The Balaban J connectivity index is 1.69. The van der Waals surface area contributed by atoms with E-state index in [0.717, 1.165) is 54.6 Å².